The van der Waals surface area contributed by atoms with Gasteiger partial charge in [0.15, 0.2) is 5.78 Å². The number of halogens is 3. The number of benzene rings is 1. The fraction of sp³-hybridized carbons (Fsp3) is 0.100. The summed E-state index contributed by atoms with van der Waals surface area (Å²) in [4.78, 5) is 23.5. The maximum Gasteiger partial charge on any atom is 0.416 e. The zero-order chi connectivity index (χ0) is 18.9. The topological polar surface area (TPSA) is 54.4 Å². The number of hydrogen-bond acceptors (Lipinski definition) is 2. The molecule has 1 aromatic carbocycles. The lowest BCUT2D eigenvalue weighted by Crippen LogP contribution is -2.06. The van der Waals surface area contributed by atoms with Gasteiger partial charge in [-0.3, -0.25) is 9.59 Å². The first kappa shape index (κ1) is 17.7. The Labute approximate surface area is 147 Å². The van der Waals surface area contributed by atoms with Crippen molar-refractivity contribution in [3.63, 3.8) is 0 Å². The summed E-state index contributed by atoms with van der Waals surface area (Å²) in [5.41, 5.74) is 1.65. The Morgan fingerprint density at radius 3 is 2.08 bits per heavy atom. The third-order valence-corrected chi connectivity index (χ3v) is 4.05. The highest BCUT2D eigenvalue weighted by molar-refractivity contribution is 6.13. The van der Waals surface area contributed by atoms with Gasteiger partial charge in [0.05, 0.1) is 12.0 Å². The molecule has 0 saturated heterocycles. The molecule has 132 valence electrons. The number of alkyl halides is 3. The molecule has 0 saturated carbocycles. The zero-order valence-electron chi connectivity index (χ0n) is 13.4. The first-order valence-corrected chi connectivity index (χ1v) is 7.71. The molecule has 0 aromatic heterocycles. The van der Waals surface area contributed by atoms with Gasteiger partial charge in [-0.1, -0.05) is 42.5 Å². The fourth-order valence-corrected chi connectivity index (χ4v) is 2.74. The summed E-state index contributed by atoms with van der Waals surface area (Å²) in [5.74, 6) is -1.35. The Morgan fingerprint density at radius 2 is 1.46 bits per heavy atom. The molecule has 2 aliphatic rings. The number of rotatable bonds is 4. The van der Waals surface area contributed by atoms with Crippen LogP contribution in [-0.4, -0.2) is 16.9 Å². The van der Waals surface area contributed by atoms with E-state index < -0.39 is 17.7 Å². The SMILES string of the molecule is O=C(O)Cc1ccc2ccc(C(=O)c3ccc(C(F)(F)F)cc3)c-2cc1. The van der Waals surface area contributed by atoms with E-state index in [1.807, 2.05) is 0 Å². The smallest absolute Gasteiger partial charge is 0.416 e. The number of carbonyl (C=O) groups is 2. The van der Waals surface area contributed by atoms with Gasteiger partial charge in [-0.25, -0.2) is 0 Å². The molecular weight excluding hydrogens is 345 g/mol. The van der Waals surface area contributed by atoms with E-state index in [1.54, 1.807) is 36.4 Å². The number of fused-ring (bicyclic) bond motifs is 1. The summed E-state index contributed by atoms with van der Waals surface area (Å²) in [6.07, 6.45) is -4.59. The standard InChI is InChI=1S/C20H13F3O3/c21-20(22,23)15-7-4-14(5-8-15)19(26)17-10-6-13-3-1-12(11-18(24)25)2-9-16(13)17/h1-10H,11H2,(H,24,25). The molecule has 2 aliphatic carbocycles. The van der Waals surface area contributed by atoms with Crippen molar-refractivity contribution >= 4 is 11.8 Å². The molecule has 0 unspecified atom stereocenters. The van der Waals surface area contributed by atoms with E-state index >= 15 is 0 Å². The molecule has 0 bridgehead atoms. The Bertz CT molecular complexity index is 943. The molecule has 26 heavy (non-hydrogen) atoms. The molecule has 0 atom stereocenters. The minimum absolute atomic E-state index is 0.139. The van der Waals surface area contributed by atoms with Crippen LogP contribution in [0.4, 0.5) is 13.2 Å². The van der Waals surface area contributed by atoms with Crippen molar-refractivity contribution in [1.29, 1.82) is 0 Å². The van der Waals surface area contributed by atoms with Gasteiger partial charge in [-0.15, -0.1) is 0 Å². The van der Waals surface area contributed by atoms with Crippen molar-refractivity contribution in [2.24, 2.45) is 0 Å². The Morgan fingerprint density at radius 1 is 0.846 bits per heavy atom. The lowest BCUT2D eigenvalue weighted by Gasteiger charge is -2.07. The molecule has 0 heterocycles. The first-order chi connectivity index (χ1) is 12.3. The van der Waals surface area contributed by atoms with E-state index in [-0.39, 0.29) is 17.8 Å². The van der Waals surface area contributed by atoms with E-state index in [1.165, 1.54) is 0 Å². The van der Waals surface area contributed by atoms with Crippen molar-refractivity contribution in [2.45, 2.75) is 12.6 Å². The highest BCUT2D eigenvalue weighted by Crippen LogP contribution is 2.32. The summed E-state index contributed by atoms with van der Waals surface area (Å²) in [7, 11) is 0. The van der Waals surface area contributed by atoms with Crippen LogP contribution < -0.4 is 0 Å². The van der Waals surface area contributed by atoms with Crippen molar-refractivity contribution in [3.8, 4) is 11.1 Å². The summed E-state index contributed by atoms with van der Waals surface area (Å²) in [6, 6.07) is 14.1. The van der Waals surface area contributed by atoms with Gasteiger partial charge in [0.1, 0.15) is 0 Å². The van der Waals surface area contributed by atoms with Crippen molar-refractivity contribution in [2.75, 3.05) is 0 Å². The highest BCUT2D eigenvalue weighted by Gasteiger charge is 2.30. The number of hydrogen-bond donors (Lipinski definition) is 1. The Balaban J connectivity index is 1.95. The predicted octanol–water partition coefficient (Wildman–Crippen LogP) is 4.67. The molecular formula is C20H13F3O3. The summed E-state index contributed by atoms with van der Waals surface area (Å²) in [6.45, 7) is 0. The molecule has 0 amide bonds. The van der Waals surface area contributed by atoms with Crippen LogP contribution in [0.25, 0.3) is 11.1 Å². The van der Waals surface area contributed by atoms with Gasteiger partial charge in [0.25, 0.3) is 0 Å². The van der Waals surface area contributed by atoms with Gasteiger partial charge < -0.3 is 5.11 Å². The Hall–Kier alpha value is -3.15. The predicted molar refractivity (Wildman–Crippen MR) is 89.3 cm³/mol. The maximum atomic E-state index is 12.7. The Kier molecular flexibility index (Phi) is 4.50. The summed E-state index contributed by atoms with van der Waals surface area (Å²) < 4.78 is 37.9. The van der Waals surface area contributed by atoms with Crippen LogP contribution >= 0.6 is 0 Å². The summed E-state index contributed by atoms with van der Waals surface area (Å²) >= 11 is 0. The molecule has 3 nitrogen and oxygen atoms in total. The number of carboxylic acids is 1. The van der Waals surface area contributed by atoms with Crippen LogP contribution in [0.2, 0.25) is 0 Å². The third-order valence-electron chi connectivity index (χ3n) is 4.05. The molecule has 0 spiro atoms. The van der Waals surface area contributed by atoms with Crippen molar-refractivity contribution < 1.29 is 27.9 Å². The average molecular weight is 358 g/mol. The van der Waals surface area contributed by atoms with E-state index in [0.717, 1.165) is 29.8 Å². The van der Waals surface area contributed by atoms with Gasteiger partial charge in [0, 0.05) is 11.1 Å². The molecule has 0 aliphatic heterocycles. The van der Waals surface area contributed by atoms with E-state index in [0.29, 0.717) is 16.7 Å². The minimum atomic E-state index is -4.46. The van der Waals surface area contributed by atoms with E-state index in [4.69, 9.17) is 5.11 Å². The summed E-state index contributed by atoms with van der Waals surface area (Å²) in [5, 5.41) is 8.87. The molecule has 3 rings (SSSR count). The normalized spacial score (nSPS) is 11.5. The second-order valence-electron chi connectivity index (χ2n) is 5.83. The molecule has 6 heteroatoms. The molecule has 0 radical (unpaired) electrons. The lowest BCUT2D eigenvalue weighted by molar-refractivity contribution is -0.138. The van der Waals surface area contributed by atoms with Gasteiger partial charge >= 0.3 is 12.1 Å². The van der Waals surface area contributed by atoms with E-state index in [9.17, 15) is 22.8 Å². The molecule has 1 N–H and O–H groups in total. The van der Waals surface area contributed by atoms with Crippen LogP contribution in [-0.2, 0) is 17.4 Å². The maximum absolute atomic E-state index is 12.7. The van der Waals surface area contributed by atoms with Gasteiger partial charge in [-0.2, -0.15) is 13.2 Å². The largest absolute Gasteiger partial charge is 0.481 e. The van der Waals surface area contributed by atoms with Gasteiger partial charge in [0.2, 0.25) is 0 Å². The second-order valence-corrected chi connectivity index (χ2v) is 5.83. The molecule has 1 aromatic rings. The highest BCUT2D eigenvalue weighted by atomic mass is 19.4. The second kappa shape index (κ2) is 6.63. The minimum Gasteiger partial charge on any atom is -0.481 e. The third kappa shape index (κ3) is 3.59. The first-order valence-electron chi connectivity index (χ1n) is 7.71. The van der Waals surface area contributed by atoms with E-state index in [2.05, 4.69) is 0 Å². The van der Waals surface area contributed by atoms with Crippen LogP contribution in [0.5, 0.6) is 0 Å². The fourth-order valence-electron chi connectivity index (χ4n) is 2.74. The van der Waals surface area contributed by atoms with Crippen molar-refractivity contribution in [1.82, 2.24) is 0 Å². The average Bonchev–Trinajstić information content (AvgIpc) is 2.88. The van der Waals surface area contributed by atoms with Crippen LogP contribution in [0.15, 0.2) is 60.7 Å². The quantitative estimate of drug-likeness (QED) is 0.690. The lowest BCUT2D eigenvalue weighted by atomic mass is 10.00. The van der Waals surface area contributed by atoms with Crippen LogP contribution in [0.1, 0.15) is 27.0 Å². The number of carboxylic acid groups (broad SMARTS) is 1. The molecule has 0 fully saturated rings. The van der Waals surface area contributed by atoms with Crippen LogP contribution in [0.3, 0.4) is 0 Å². The zero-order valence-corrected chi connectivity index (χ0v) is 13.4. The van der Waals surface area contributed by atoms with Crippen LogP contribution in [0, 0.1) is 0 Å². The number of ketones is 1. The van der Waals surface area contributed by atoms with Gasteiger partial charge in [-0.05, 0) is 34.9 Å². The monoisotopic (exact) mass is 358 g/mol. The number of carbonyl (C=O) groups excluding carboxylic acids is 1. The van der Waals surface area contributed by atoms with Crippen molar-refractivity contribution in [3.05, 3.63) is 82.9 Å². The number of aliphatic carboxylic acids is 1.